The Balaban J connectivity index is 1.50. The summed E-state index contributed by atoms with van der Waals surface area (Å²) in [6.07, 6.45) is 6.61. The maximum absolute atomic E-state index is 4.82. The Kier molecular flexibility index (Phi) is 3.82. The van der Waals surface area contributed by atoms with Crippen molar-refractivity contribution in [3.05, 3.63) is 46.5 Å². The number of aryl methyl sites for hydroxylation is 1. The summed E-state index contributed by atoms with van der Waals surface area (Å²) in [6.45, 7) is 2.08. The van der Waals surface area contributed by atoms with Crippen molar-refractivity contribution in [2.24, 2.45) is 7.05 Å². The van der Waals surface area contributed by atoms with Crippen molar-refractivity contribution >= 4 is 22.7 Å². The maximum Gasteiger partial charge on any atom is 0.133 e. The third-order valence-electron chi connectivity index (χ3n) is 4.12. The normalized spacial score (nSPS) is 19.0. The second kappa shape index (κ2) is 5.95. The molecule has 1 fully saturated rings. The van der Waals surface area contributed by atoms with Crippen LogP contribution in [0.2, 0.25) is 0 Å². The van der Waals surface area contributed by atoms with Crippen LogP contribution in [0.5, 0.6) is 0 Å². The van der Waals surface area contributed by atoms with Gasteiger partial charge in [-0.15, -0.1) is 22.7 Å². The van der Waals surface area contributed by atoms with Gasteiger partial charge in [0.25, 0.3) is 0 Å². The Hall–Kier alpha value is -1.50. The molecule has 0 bridgehead atoms. The van der Waals surface area contributed by atoms with E-state index in [0.29, 0.717) is 6.04 Å². The molecule has 114 valence electrons. The summed E-state index contributed by atoms with van der Waals surface area (Å²) >= 11 is 3.50. The summed E-state index contributed by atoms with van der Waals surface area (Å²) in [5.74, 6) is 0. The van der Waals surface area contributed by atoms with Crippen molar-refractivity contribution in [1.29, 1.82) is 0 Å². The van der Waals surface area contributed by atoms with Gasteiger partial charge in [-0.1, -0.05) is 6.07 Å². The lowest BCUT2D eigenvalue weighted by atomic mass is 10.1. The van der Waals surface area contributed by atoms with Crippen LogP contribution in [0.3, 0.4) is 0 Å². The van der Waals surface area contributed by atoms with Crippen molar-refractivity contribution < 1.29 is 0 Å². The molecule has 0 radical (unpaired) electrons. The van der Waals surface area contributed by atoms with Gasteiger partial charge in [-0.05, 0) is 30.8 Å². The molecule has 22 heavy (non-hydrogen) atoms. The van der Waals surface area contributed by atoms with E-state index in [1.54, 1.807) is 22.7 Å². The molecule has 1 aliphatic heterocycles. The average Bonchev–Trinajstić information content (AvgIpc) is 3.26. The van der Waals surface area contributed by atoms with E-state index in [4.69, 9.17) is 4.98 Å². The van der Waals surface area contributed by atoms with Crippen molar-refractivity contribution in [2.75, 3.05) is 6.54 Å². The SMILES string of the molecule is Cn1cc([C@@H]2CCCN2Cc2csc(-c3cccs3)n2)cn1. The molecule has 1 atom stereocenters. The Labute approximate surface area is 138 Å². The lowest BCUT2D eigenvalue weighted by Crippen LogP contribution is -2.22. The molecular weight excluding hydrogens is 312 g/mol. The monoisotopic (exact) mass is 330 g/mol. The molecule has 4 nitrogen and oxygen atoms in total. The first-order valence-corrected chi connectivity index (χ1v) is 9.26. The molecule has 0 saturated carbocycles. The highest BCUT2D eigenvalue weighted by molar-refractivity contribution is 7.20. The molecule has 0 aliphatic carbocycles. The molecule has 0 aromatic carbocycles. The summed E-state index contributed by atoms with van der Waals surface area (Å²) < 4.78 is 1.89. The average molecular weight is 330 g/mol. The summed E-state index contributed by atoms with van der Waals surface area (Å²) in [4.78, 5) is 8.61. The lowest BCUT2D eigenvalue weighted by Gasteiger charge is -2.22. The third kappa shape index (κ3) is 2.74. The van der Waals surface area contributed by atoms with Crippen LogP contribution in [0.15, 0.2) is 35.3 Å². The van der Waals surface area contributed by atoms with E-state index in [9.17, 15) is 0 Å². The van der Waals surface area contributed by atoms with Crippen LogP contribution >= 0.6 is 22.7 Å². The van der Waals surface area contributed by atoms with Crippen LogP contribution in [0, 0.1) is 0 Å². The Morgan fingerprint density at radius 3 is 3.09 bits per heavy atom. The molecule has 0 spiro atoms. The standard InChI is InChI=1S/C16H18N4S2/c1-19-9-12(8-17-19)14-4-2-6-20(14)10-13-11-22-16(18-13)15-5-3-7-21-15/h3,5,7-9,11,14H,2,4,6,10H2,1H3/t14-/m0/s1. The number of likely N-dealkylation sites (tertiary alicyclic amines) is 1. The fourth-order valence-corrected chi connectivity index (χ4v) is 4.73. The quantitative estimate of drug-likeness (QED) is 0.726. The van der Waals surface area contributed by atoms with E-state index < -0.39 is 0 Å². The van der Waals surface area contributed by atoms with Gasteiger partial charge in [0.1, 0.15) is 5.01 Å². The van der Waals surface area contributed by atoms with Gasteiger partial charge in [-0.25, -0.2) is 4.98 Å². The van der Waals surface area contributed by atoms with Crippen LogP contribution < -0.4 is 0 Å². The topological polar surface area (TPSA) is 34.0 Å². The van der Waals surface area contributed by atoms with Gasteiger partial charge in [-0.3, -0.25) is 9.58 Å². The largest absolute Gasteiger partial charge is 0.290 e. The third-order valence-corrected chi connectivity index (χ3v) is 6.05. The fraction of sp³-hybridized carbons (Fsp3) is 0.375. The number of thiophene rings is 1. The van der Waals surface area contributed by atoms with E-state index in [2.05, 4.69) is 39.1 Å². The van der Waals surface area contributed by atoms with Crippen LogP contribution in [-0.4, -0.2) is 26.2 Å². The van der Waals surface area contributed by atoms with Crippen LogP contribution in [0.1, 0.15) is 30.1 Å². The number of thiazole rings is 1. The molecule has 4 heterocycles. The number of aromatic nitrogens is 3. The van der Waals surface area contributed by atoms with Crippen LogP contribution in [0.25, 0.3) is 9.88 Å². The molecule has 6 heteroatoms. The zero-order chi connectivity index (χ0) is 14.9. The van der Waals surface area contributed by atoms with Gasteiger partial charge in [0.05, 0.1) is 16.8 Å². The summed E-state index contributed by atoms with van der Waals surface area (Å²) in [5.41, 5.74) is 2.51. The predicted octanol–water partition coefficient (Wildman–Crippen LogP) is 3.94. The first-order valence-electron chi connectivity index (χ1n) is 7.50. The van der Waals surface area contributed by atoms with Gasteiger partial charge >= 0.3 is 0 Å². The molecule has 0 amide bonds. The molecule has 0 N–H and O–H groups in total. The Morgan fingerprint density at radius 1 is 1.36 bits per heavy atom. The molecule has 3 aromatic heterocycles. The molecular formula is C16H18N4S2. The van der Waals surface area contributed by atoms with Gasteiger partial charge in [0, 0.05) is 36.8 Å². The zero-order valence-corrected chi connectivity index (χ0v) is 14.1. The lowest BCUT2D eigenvalue weighted by molar-refractivity contribution is 0.246. The van der Waals surface area contributed by atoms with Crippen LogP contribution in [0.4, 0.5) is 0 Å². The van der Waals surface area contributed by atoms with Gasteiger partial charge in [0.15, 0.2) is 0 Å². The molecule has 3 aromatic rings. The summed E-state index contributed by atoms with van der Waals surface area (Å²) in [5, 5.41) is 9.77. The summed E-state index contributed by atoms with van der Waals surface area (Å²) in [7, 11) is 1.98. The van der Waals surface area contributed by atoms with Gasteiger partial charge < -0.3 is 0 Å². The predicted molar refractivity (Wildman–Crippen MR) is 91.0 cm³/mol. The van der Waals surface area contributed by atoms with Gasteiger partial charge in [-0.2, -0.15) is 5.10 Å². The highest BCUT2D eigenvalue weighted by Gasteiger charge is 2.27. The Bertz CT molecular complexity index is 744. The number of nitrogens with zero attached hydrogens (tertiary/aromatic N) is 4. The van der Waals surface area contributed by atoms with Crippen molar-refractivity contribution in [1.82, 2.24) is 19.7 Å². The number of rotatable bonds is 4. The first kappa shape index (κ1) is 14.1. The molecule has 4 rings (SSSR count). The second-order valence-electron chi connectivity index (χ2n) is 5.70. The van der Waals surface area contributed by atoms with E-state index in [1.807, 2.05) is 17.9 Å². The van der Waals surface area contributed by atoms with E-state index in [1.165, 1.54) is 29.0 Å². The molecule has 1 aliphatic rings. The van der Waals surface area contributed by atoms with E-state index in [-0.39, 0.29) is 0 Å². The highest BCUT2D eigenvalue weighted by atomic mass is 32.1. The second-order valence-corrected chi connectivity index (χ2v) is 7.50. The minimum absolute atomic E-state index is 0.487. The molecule has 1 saturated heterocycles. The molecule has 0 unspecified atom stereocenters. The van der Waals surface area contributed by atoms with E-state index >= 15 is 0 Å². The minimum atomic E-state index is 0.487. The summed E-state index contributed by atoms with van der Waals surface area (Å²) in [6, 6.07) is 4.71. The van der Waals surface area contributed by atoms with Crippen LogP contribution in [-0.2, 0) is 13.6 Å². The number of hydrogen-bond acceptors (Lipinski definition) is 5. The maximum atomic E-state index is 4.82. The van der Waals surface area contributed by atoms with Gasteiger partial charge in [0.2, 0.25) is 0 Å². The van der Waals surface area contributed by atoms with E-state index in [0.717, 1.165) is 18.1 Å². The zero-order valence-electron chi connectivity index (χ0n) is 12.5. The van der Waals surface area contributed by atoms with Crippen molar-refractivity contribution in [2.45, 2.75) is 25.4 Å². The first-order chi connectivity index (χ1) is 10.8. The van der Waals surface area contributed by atoms with Crippen molar-refractivity contribution in [3.8, 4) is 9.88 Å². The highest BCUT2D eigenvalue weighted by Crippen LogP contribution is 2.34. The van der Waals surface area contributed by atoms with Crippen molar-refractivity contribution in [3.63, 3.8) is 0 Å². The number of hydrogen-bond donors (Lipinski definition) is 0. The Morgan fingerprint density at radius 2 is 2.32 bits per heavy atom. The fourth-order valence-electron chi connectivity index (χ4n) is 3.11. The smallest absolute Gasteiger partial charge is 0.133 e. The minimum Gasteiger partial charge on any atom is -0.290 e.